The fraction of sp³-hybridized carbons (Fsp3) is 0.643. The number of nitrogens with zero attached hydrogens (tertiary/aromatic N) is 3. The van der Waals surface area contributed by atoms with Crippen LogP contribution < -0.4 is 4.74 Å². The second-order valence-corrected chi connectivity index (χ2v) is 5.28. The molecule has 4 heteroatoms. The van der Waals surface area contributed by atoms with Crippen LogP contribution in [0.4, 0.5) is 0 Å². The van der Waals surface area contributed by atoms with Crippen molar-refractivity contribution in [2.45, 2.75) is 13.0 Å². The van der Waals surface area contributed by atoms with Crippen LogP contribution in [0.3, 0.4) is 0 Å². The molecule has 1 aromatic heterocycles. The molecule has 0 aromatic carbocycles. The average molecular weight is 249 g/mol. The molecule has 0 amide bonds. The molecule has 1 aliphatic heterocycles. The van der Waals surface area contributed by atoms with Gasteiger partial charge in [-0.05, 0) is 39.0 Å². The molecular formula is C14H23N3O. The smallest absolute Gasteiger partial charge is 0.213 e. The number of hydrogen-bond acceptors (Lipinski definition) is 4. The zero-order valence-corrected chi connectivity index (χ0v) is 11.6. The first kappa shape index (κ1) is 13.3. The summed E-state index contributed by atoms with van der Waals surface area (Å²) >= 11 is 0. The largest absolute Gasteiger partial charge is 0.481 e. The van der Waals surface area contributed by atoms with Gasteiger partial charge in [-0.25, -0.2) is 4.98 Å². The SMILES string of the molecule is COc1cccc(CN(C)C[C@H]2CCN(C)C2)n1. The van der Waals surface area contributed by atoms with Gasteiger partial charge in [0.05, 0.1) is 12.8 Å². The van der Waals surface area contributed by atoms with E-state index in [0.717, 1.165) is 24.7 Å². The predicted octanol–water partition coefficient (Wildman–Crippen LogP) is 1.47. The highest BCUT2D eigenvalue weighted by atomic mass is 16.5. The first-order valence-corrected chi connectivity index (χ1v) is 6.54. The van der Waals surface area contributed by atoms with Crippen molar-refractivity contribution in [1.82, 2.24) is 14.8 Å². The van der Waals surface area contributed by atoms with E-state index in [1.54, 1.807) is 7.11 Å². The summed E-state index contributed by atoms with van der Waals surface area (Å²) in [6.45, 7) is 4.48. The van der Waals surface area contributed by atoms with Gasteiger partial charge in [-0.3, -0.25) is 0 Å². The van der Waals surface area contributed by atoms with E-state index in [0.29, 0.717) is 5.88 Å². The minimum Gasteiger partial charge on any atom is -0.481 e. The number of rotatable bonds is 5. The maximum Gasteiger partial charge on any atom is 0.213 e. The molecule has 0 N–H and O–H groups in total. The van der Waals surface area contributed by atoms with Crippen LogP contribution in [0, 0.1) is 5.92 Å². The van der Waals surface area contributed by atoms with E-state index in [-0.39, 0.29) is 0 Å². The van der Waals surface area contributed by atoms with Crippen molar-refractivity contribution in [2.24, 2.45) is 5.92 Å². The molecule has 1 atom stereocenters. The second kappa shape index (κ2) is 6.16. The highest BCUT2D eigenvalue weighted by Crippen LogP contribution is 2.16. The summed E-state index contributed by atoms with van der Waals surface area (Å²) in [7, 11) is 6.02. The maximum absolute atomic E-state index is 5.15. The third kappa shape index (κ3) is 3.68. The molecule has 0 bridgehead atoms. The first-order valence-electron chi connectivity index (χ1n) is 6.54. The topological polar surface area (TPSA) is 28.6 Å². The molecule has 0 spiro atoms. The quantitative estimate of drug-likeness (QED) is 0.790. The van der Waals surface area contributed by atoms with Gasteiger partial charge in [0.15, 0.2) is 0 Å². The number of aromatic nitrogens is 1. The van der Waals surface area contributed by atoms with Crippen molar-refractivity contribution in [3.63, 3.8) is 0 Å². The molecule has 2 heterocycles. The zero-order valence-electron chi connectivity index (χ0n) is 11.6. The van der Waals surface area contributed by atoms with Crippen LogP contribution in [0.15, 0.2) is 18.2 Å². The third-order valence-electron chi connectivity index (χ3n) is 3.48. The minimum atomic E-state index is 0.696. The molecule has 2 rings (SSSR count). The summed E-state index contributed by atoms with van der Waals surface area (Å²) in [4.78, 5) is 9.20. The summed E-state index contributed by atoms with van der Waals surface area (Å²) in [5, 5.41) is 0. The molecule has 0 saturated carbocycles. The summed E-state index contributed by atoms with van der Waals surface area (Å²) < 4.78 is 5.15. The van der Waals surface area contributed by atoms with Gasteiger partial charge in [0.2, 0.25) is 5.88 Å². The van der Waals surface area contributed by atoms with Gasteiger partial charge in [0, 0.05) is 25.7 Å². The van der Waals surface area contributed by atoms with E-state index >= 15 is 0 Å². The number of likely N-dealkylation sites (tertiary alicyclic amines) is 1. The summed E-state index contributed by atoms with van der Waals surface area (Å²) in [6.07, 6.45) is 1.31. The van der Waals surface area contributed by atoms with Crippen LogP contribution in [0.5, 0.6) is 5.88 Å². The fourth-order valence-electron chi connectivity index (χ4n) is 2.62. The Morgan fingerprint density at radius 2 is 2.33 bits per heavy atom. The van der Waals surface area contributed by atoms with Crippen LogP contribution in [-0.2, 0) is 6.54 Å². The van der Waals surface area contributed by atoms with Crippen molar-refractivity contribution in [3.8, 4) is 5.88 Å². The van der Waals surface area contributed by atoms with Crippen LogP contribution >= 0.6 is 0 Å². The fourth-order valence-corrected chi connectivity index (χ4v) is 2.62. The van der Waals surface area contributed by atoms with E-state index in [2.05, 4.69) is 34.9 Å². The number of hydrogen-bond donors (Lipinski definition) is 0. The van der Waals surface area contributed by atoms with Gasteiger partial charge in [-0.15, -0.1) is 0 Å². The van der Waals surface area contributed by atoms with E-state index in [9.17, 15) is 0 Å². The van der Waals surface area contributed by atoms with Gasteiger partial charge in [-0.2, -0.15) is 0 Å². The van der Waals surface area contributed by atoms with Gasteiger partial charge >= 0.3 is 0 Å². The monoisotopic (exact) mass is 249 g/mol. The Morgan fingerprint density at radius 3 is 3.00 bits per heavy atom. The first-order chi connectivity index (χ1) is 8.67. The third-order valence-corrected chi connectivity index (χ3v) is 3.48. The maximum atomic E-state index is 5.15. The van der Waals surface area contributed by atoms with Crippen molar-refractivity contribution in [2.75, 3.05) is 40.8 Å². The Balaban J connectivity index is 1.84. The van der Waals surface area contributed by atoms with E-state index in [1.165, 1.54) is 19.5 Å². The Labute approximate surface area is 110 Å². The minimum absolute atomic E-state index is 0.696. The number of methoxy groups -OCH3 is 1. The van der Waals surface area contributed by atoms with Crippen molar-refractivity contribution < 1.29 is 4.74 Å². The molecule has 1 saturated heterocycles. The lowest BCUT2D eigenvalue weighted by molar-refractivity contribution is 0.263. The molecule has 18 heavy (non-hydrogen) atoms. The molecule has 0 aliphatic carbocycles. The van der Waals surface area contributed by atoms with Crippen LogP contribution in [0.2, 0.25) is 0 Å². The molecule has 1 fully saturated rings. The molecule has 4 nitrogen and oxygen atoms in total. The number of ether oxygens (including phenoxy) is 1. The van der Waals surface area contributed by atoms with Crippen molar-refractivity contribution >= 4 is 0 Å². The Morgan fingerprint density at radius 1 is 1.50 bits per heavy atom. The van der Waals surface area contributed by atoms with Crippen molar-refractivity contribution in [1.29, 1.82) is 0 Å². The second-order valence-electron chi connectivity index (χ2n) is 5.28. The summed E-state index contributed by atoms with van der Waals surface area (Å²) in [5.41, 5.74) is 1.07. The van der Waals surface area contributed by atoms with E-state index < -0.39 is 0 Å². The molecule has 1 aromatic rings. The summed E-state index contributed by atoms with van der Waals surface area (Å²) in [6, 6.07) is 5.94. The lowest BCUT2D eigenvalue weighted by Gasteiger charge is -2.20. The van der Waals surface area contributed by atoms with Gasteiger partial charge in [0.1, 0.15) is 0 Å². The molecule has 0 unspecified atom stereocenters. The van der Waals surface area contributed by atoms with Crippen LogP contribution in [0.25, 0.3) is 0 Å². The standard InChI is InChI=1S/C14H23N3O/c1-16-8-7-12(9-16)10-17(2)11-13-5-4-6-14(15-13)18-3/h4-6,12H,7-11H2,1-3H3/t12-/m0/s1. The summed E-state index contributed by atoms with van der Waals surface area (Å²) in [5.74, 6) is 1.49. The number of pyridine rings is 1. The molecular weight excluding hydrogens is 226 g/mol. The normalized spacial score (nSPS) is 20.6. The van der Waals surface area contributed by atoms with Crippen LogP contribution in [-0.4, -0.2) is 55.6 Å². The zero-order chi connectivity index (χ0) is 13.0. The van der Waals surface area contributed by atoms with Gasteiger partial charge < -0.3 is 14.5 Å². The van der Waals surface area contributed by atoms with Crippen LogP contribution in [0.1, 0.15) is 12.1 Å². The lowest BCUT2D eigenvalue weighted by Crippen LogP contribution is -2.27. The highest BCUT2D eigenvalue weighted by molar-refractivity contribution is 5.15. The Bertz CT molecular complexity index is 383. The lowest BCUT2D eigenvalue weighted by atomic mass is 10.1. The highest BCUT2D eigenvalue weighted by Gasteiger charge is 2.20. The molecule has 1 aliphatic rings. The van der Waals surface area contributed by atoms with Crippen molar-refractivity contribution in [3.05, 3.63) is 23.9 Å². The van der Waals surface area contributed by atoms with E-state index in [1.807, 2.05) is 12.1 Å². The Hall–Kier alpha value is -1.13. The Kier molecular flexibility index (Phi) is 4.55. The van der Waals surface area contributed by atoms with E-state index in [4.69, 9.17) is 4.74 Å². The van der Waals surface area contributed by atoms with Gasteiger partial charge in [-0.1, -0.05) is 6.07 Å². The average Bonchev–Trinajstić information content (AvgIpc) is 2.74. The predicted molar refractivity (Wildman–Crippen MR) is 72.7 cm³/mol. The molecule has 0 radical (unpaired) electrons. The molecule has 100 valence electrons. The van der Waals surface area contributed by atoms with Gasteiger partial charge in [0.25, 0.3) is 0 Å².